The molecule has 1 heterocycles. The summed E-state index contributed by atoms with van der Waals surface area (Å²) in [6.45, 7) is 5.22. The monoisotopic (exact) mass is 300 g/mol. The Labute approximate surface area is 110 Å². The van der Waals surface area contributed by atoms with Crippen molar-refractivity contribution in [2.75, 3.05) is 11.4 Å². The Balaban J connectivity index is 2.24. The van der Waals surface area contributed by atoms with Crippen molar-refractivity contribution in [1.82, 2.24) is 0 Å². The van der Waals surface area contributed by atoms with E-state index in [0.717, 1.165) is 18.7 Å². The van der Waals surface area contributed by atoms with Crippen LogP contribution in [-0.4, -0.2) is 18.6 Å². The van der Waals surface area contributed by atoms with Gasteiger partial charge in [-0.3, -0.25) is 0 Å². The number of anilines is 1. The maximum absolute atomic E-state index is 13.5. The van der Waals surface area contributed by atoms with Gasteiger partial charge in [0.25, 0.3) is 0 Å². The fraction of sp³-hybridized carbons (Fsp3) is 0.538. The Bertz CT molecular complexity index is 410. The molecule has 1 aliphatic heterocycles. The molecular formula is C13H18BrFN2. The van der Waals surface area contributed by atoms with Crippen LogP contribution in [-0.2, 0) is 0 Å². The summed E-state index contributed by atoms with van der Waals surface area (Å²) in [5.74, 6) is 0.215. The van der Waals surface area contributed by atoms with E-state index in [4.69, 9.17) is 5.73 Å². The van der Waals surface area contributed by atoms with Gasteiger partial charge in [-0.1, -0.05) is 6.92 Å². The van der Waals surface area contributed by atoms with Crippen LogP contribution in [0.2, 0.25) is 0 Å². The lowest BCUT2D eigenvalue weighted by molar-refractivity contribution is 0.315. The van der Waals surface area contributed by atoms with Crippen LogP contribution in [0, 0.1) is 11.7 Å². The first kappa shape index (κ1) is 12.8. The summed E-state index contributed by atoms with van der Waals surface area (Å²) >= 11 is 3.18. The summed E-state index contributed by atoms with van der Waals surface area (Å²) in [6.07, 6.45) is 0.961. The normalized spacial score (nSPS) is 29.5. The van der Waals surface area contributed by atoms with Gasteiger partial charge in [0.1, 0.15) is 5.82 Å². The molecule has 1 fully saturated rings. The Morgan fingerprint density at radius 3 is 2.76 bits per heavy atom. The molecule has 0 spiro atoms. The van der Waals surface area contributed by atoms with Crippen LogP contribution in [0.15, 0.2) is 22.7 Å². The Kier molecular flexibility index (Phi) is 3.73. The van der Waals surface area contributed by atoms with Crippen LogP contribution in [0.3, 0.4) is 0 Å². The molecule has 0 radical (unpaired) electrons. The SMILES string of the molecule is CC1C(N)CCN(c2ccc(Br)c(F)c2)C1C. The van der Waals surface area contributed by atoms with Gasteiger partial charge in [0.15, 0.2) is 0 Å². The van der Waals surface area contributed by atoms with Crippen LogP contribution in [0.1, 0.15) is 20.3 Å². The Morgan fingerprint density at radius 2 is 2.12 bits per heavy atom. The molecule has 0 bridgehead atoms. The van der Waals surface area contributed by atoms with E-state index >= 15 is 0 Å². The van der Waals surface area contributed by atoms with E-state index in [2.05, 4.69) is 34.7 Å². The van der Waals surface area contributed by atoms with E-state index in [0.29, 0.717) is 16.4 Å². The fourth-order valence-corrected chi connectivity index (χ4v) is 2.67. The smallest absolute Gasteiger partial charge is 0.139 e. The first-order valence-electron chi connectivity index (χ1n) is 5.98. The second kappa shape index (κ2) is 4.94. The number of rotatable bonds is 1. The highest BCUT2D eigenvalue weighted by Crippen LogP contribution is 2.30. The zero-order valence-electron chi connectivity index (χ0n) is 10.2. The zero-order chi connectivity index (χ0) is 12.6. The van der Waals surface area contributed by atoms with Crippen molar-refractivity contribution in [2.24, 2.45) is 11.7 Å². The first-order chi connectivity index (χ1) is 8.00. The lowest BCUT2D eigenvalue weighted by Crippen LogP contribution is -2.51. The number of hydrogen-bond acceptors (Lipinski definition) is 2. The molecule has 94 valence electrons. The van der Waals surface area contributed by atoms with Gasteiger partial charge in [0, 0.05) is 24.3 Å². The molecule has 3 atom stereocenters. The third kappa shape index (κ3) is 2.47. The molecule has 1 aromatic carbocycles. The maximum Gasteiger partial charge on any atom is 0.139 e. The molecule has 2 rings (SSSR count). The number of halogens is 2. The summed E-state index contributed by atoms with van der Waals surface area (Å²) in [5.41, 5.74) is 7.00. The molecule has 1 saturated heterocycles. The molecule has 1 aromatic rings. The molecule has 0 amide bonds. The highest BCUT2D eigenvalue weighted by atomic mass is 79.9. The molecule has 0 aliphatic carbocycles. The molecule has 2 N–H and O–H groups in total. The summed E-state index contributed by atoms with van der Waals surface area (Å²) in [7, 11) is 0. The predicted octanol–water partition coefficient (Wildman–Crippen LogP) is 3.15. The topological polar surface area (TPSA) is 29.3 Å². The Morgan fingerprint density at radius 1 is 1.41 bits per heavy atom. The molecule has 17 heavy (non-hydrogen) atoms. The van der Waals surface area contributed by atoms with E-state index in [9.17, 15) is 4.39 Å². The molecule has 1 aliphatic rings. The minimum Gasteiger partial charge on any atom is -0.368 e. The molecule has 2 nitrogen and oxygen atoms in total. The van der Waals surface area contributed by atoms with Crippen molar-refractivity contribution in [3.05, 3.63) is 28.5 Å². The summed E-state index contributed by atoms with van der Waals surface area (Å²) in [4.78, 5) is 2.24. The van der Waals surface area contributed by atoms with Crippen LogP contribution < -0.4 is 10.6 Å². The highest BCUT2D eigenvalue weighted by Gasteiger charge is 2.30. The number of piperidine rings is 1. The van der Waals surface area contributed by atoms with Gasteiger partial charge in [-0.15, -0.1) is 0 Å². The number of nitrogens with zero attached hydrogens (tertiary/aromatic N) is 1. The van der Waals surface area contributed by atoms with Crippen molar-refractivity contribution < 1.29 is 4.39 Å². The lowest BCUT2D eigenvalue weighted by Gasteiger charge is -2.42. The van der Waals surface area contributed by atoms with Gasteiger partial charge < -0.3 is 10.6 Å². The van der Waals surface area contributed by atoms with Gasteiger partial charge >= 0.3 is 0 Å². The summed E-state index contributed by atoms with van der Waals surface area (Å²) in [6, 6.07) is 5.90. The van der Waals surface area contributed by atoms with Crippen LogP contribution >= 0.6 is 15.9 Å². The van der Waals surface area contributed by atoms with Gasteiger partial charge in [0.2, 0.25) is 0 Å². The minimum atomic E-state index is -0.211. The second-order valence-electron chi connectivity index (χ2n) is 4.84. The van der Waals surface area contributed by atoms with Crippen LogP contribution in [0.25, 0.3) is 0 Å². The van der Waals surface area contributed by atoms with Crippen molar-refractivity contribution in [3.8, 4) is 0 Å². The van der Waals surface area contributed by atoms with E-state index in [1.54, 1.807) is 12.1 Å². The predicted molar refractivity (Wildman–Crippen MR) is 72.7 cm³/mol. The molecule has 0 aromatic heterocycles. The number of hydrogen-bond donors (Lipinski definition) is 1. The number of benzene rings is 1. The van der Waals surface area contributed by atoms with E-state index < -0.39 is 0 Å². The summed E-state index contributed by atoms with van der Waals surface area (Å²) in [5, 5.41) is 0. The molecule has 0 saturated carbocycles. The third-order valence-electron chi connectivity index (χ3n) is 3.87. The van der Waals surface area contributed by atoms with Gasteiger partial charge in [-0.05, 0) is 53.4 Å². The van der Waals surface area contributed by atoms with Gasteiger partial charge in [-0.2, -0.15) is 0 Å². The molecule has 4 heteroatoms. The summed E-state index contributed by atoms with van der Waals surface area (Å²) < 4.78 is 14.0. The number of nitrogens with two attached hydrogens (primary N) is 1. The quantitative estimate of drug-likeness (QED) is 0.863. The lowest BCUT2D eigenvalue weighted by atomic mass is 9.87. The fourth-order valence-electron chi connectivity index (χ4n) is 2.42. The average Bonchev–Trinajstić information content (AvgIpc) is 2.30. The third-order valence-corrected chi connectivity index (χ3v) is 4.51. The molecule has 3 unspecified atom stereocenters. The second-order valence-corrected chi connectivity index (χ2v) is 5.70. The van der Waals surface area contributed by atoms with E-state index in [1.165, 1.54) is 0 Å². The first-order valence-corrected chi connectivity index (χ1v) is 6.77. The standard InChI is InChI=1S/C13H18BrFN2/c1-8-9(2)17(6-5-13(8)16)10-3-4-11(14)12(15)7-10/h3-4,7-9,13H,5-6,16H2,1-2H3. The largest absolute Gasteiger partial charge is 0.368 e. The highest BCUT2D eigenvalue weighted by molar-refractivity contribution is 9.10. The zero-order valence-corrected chi connectivity index (χ0v) is 11.7. The van der Waals surface area contributed by atoms with Crippen LogP contribution in [0.5, 0.6) is 0 Å². The van der Waals surface area contributed by atoms with Crippen molar-refractivity contribution in [1.29, 1.82) is 0 Å². The minimum absolute atomic E-state index is 0.211. The molecular weight excluding hydrogens is 283 g/mol. The van der Waals surface area contributed by atoms with Gasteiger partial charge in [-0.25, -0.2) is 4.39 Å². The maximum atomic E-state index is 13.5. The van der Waals surface area contributed by atoms with Crippen molar-refractivity contribution >= 4 is 21.6 Å². The average molecular weight is 301 g/mol. The van der Waals surface area contributed by atoms with Gasteiger partial charge in [0.05, 0.1) is 4.47 Å². The van der Waals surface area contributed by atoms with Crippen molar-refractivity contribution in [2.45, 2.75) is 32.4 Å². The van der Waals surface area contributed by atoms with Crippen LogP contribution in [0.4, 0.5) is 10.1 Å². The van der Waals surface area contributed by atoms with Crippen molar-refractivity contribution in [3.63, 3.8) is 0 Å². The van der Waals surface area contributed by atoms with E-state index in [1.807, 2.05) is 6.07 Å². The Hall–Kier alpha value is -0.610. The van der Waals surface area contributed by atoms with E-state index in [-0.39, 0.29) is 11.9 Å².